The van der Waals surface area contributed by atoms with Crippen molar-refractivity contribution in [1.82, 2.24) is 9.55 Å². The van der Waals surface area contributed by atoms with Crippen LogP contribution in [0.1, 0.15) is 50.4 Å². The van der Waals surface area contributed by atoms with Crippen LogP contribution in [0.15, 0.2) is 33.9 Å². The number of nitrogen functional groups attached to an aromatic ring is 1. The number of carbonyl (C=O) groups is 1. The molecular weight excluding hydrogens is 372 g/mol. The van der Waals surface area contributed by atoms with Gasteiger partial charge in [0.25, 0.3) is 11.5 Å². The average Bonchev–Trinajstić information content (AvgIpc) is 2.69. The molecule has 1 amide bonds. The molecule has 0 saturated carbocycles. The summed E-state index contributed by atoms with van der Waals surface area (Å²) in [6.07, 6.45) is 2.26. The van der Waals surface area contributed by atoms with Gasteiger partial charge in [-0.05, 0) is 37.0 Å². The normalized spacial score (nSPS) is 10.9. The van der Waals surface area contributed by atoms with Crippen LogP contribution in [-0.2, 0) is 6.54 Å². The molecular formula is C21H30N4O4. The standard InChI is InChI=1S/C21H30N4O4/c1-5-6-11-25-18(22)17(19(26)23-21(25)28)24(12-10-14(2)3)20(27)15-8-7-9-16(13-15)29-4/h7-9,13-14H,5-6,10-12,22H2,1-4H3,(H,23,26,28). The van der Waals surface area contributed by atoms with Gasteiger partial charge in [-0.3, -0.25) is 19.1 Å². The van der Waals surface area contributed by atoms with Gasteiger partial charge in [0.05, 0.1) is 7.11 Å². The molecule has 0 aliphatic rings. The van der Waals surface area contributed by atoms with Crippen LogP contribution in [0.4, 0.5) is 11.5 Å². The molecule has 0 radical (unpaired) electrons. The number of hydrogen-bond donors (Lipinski definition) is 2. The topological polar surface area (TPSA) is 110 Å². The number of ether oxygens (including phenoxy) is 1. The fraction of sp³-hybridized carbons (Fsp3) is 0.476. The van der Waals surface area contributed by atoms with Crippen molar-refractivity contribution in [2.75, 3.05) is 24.3 Å². The minimum atomic E-state index is -0.666. The van der Waals surface area contributed by atoms with Gasteiger partial charge in [-0.15, -0.1) is 0 Å². The van der Waals surface area contributed by atoms with Gasteiger partial charge in [0, 0.05) is 18.7 Å². The Morgan fingerprint density at radius 1 is 1.31 bits per heavy atom. The molecule has 8 nitrogen and oxygen atoms in total. The van der Waals surface area contributed by atoms with Gasteiger partial charge in [-0.25, -0.2) is 4.79 Å². The lowest BCUT2D eigenvalue weighted by Crippen LogP contribution is -2.42. The van der Waals surface area contributed by atoms with E-state index in [1.165, 1.54) is 16.6 Å². The van der Waals surface area contributed by atoms with Crippen LogP contribution >= 0.6 is 0 Å². The quantitative estimate of drug-likeness (QED) is 0.670. The first kappa shape index (κ1) is 22.3. The van der Waals surface area contributed by atoms with Gasteiger partial charge in [-0.1, -0.05) is 33.3 Å². The van der Waals surface area contributed by atoms with E-state index in [1.54, 1.807) is 24.3 Å². The Kier molecular flexibility index (Phi) is 7.64. The molecule has 0 spiro atoms. The number of nitrogens with zero attached hydrogens (tertiary/aromatic N) is 2. The summed E-state index contributed by atoms with van der Waals surface area (Å²) in [4.78, 5) is 41.9. The smallest absolute Gasteiger partial charge is 0.330 e. The minimum absolute atomic E-state index is 0.00667. The van der Waals surface area contributed by atoms with Crippen molar-refractivity contribution >= 4 is 17.4 Å². The second-order valence-corrected chi connectivity index (χ2v) is 7.37. The average molecular weight is 402 g/mol. The van der Waals surface area contributed by atoms with Crippen molar-refractivity contribution in [2.24, 2.45) is 5.92 Å². The third-order valence-corrected chi connectivity index (χ3v) is 4.71. The third-order valence-electron chi connectivity index (χ3n) is 4.71. The largest absolute Gasteiger partial charge is 0.497 e. The molecule has 1 heterocycles. The Bertz CT molecular complexity index is 962. The first-order valence-electron chi connectivity index (χ1n) is 9.88. The molecule has 0 bridgehead atoms. The van der Waals surface area contributed by atoms with Crippen LogP contribution in [0.5, 0.6) is 5.75 Å². The van der Waals surface area contributed by atoms with E-state index < -0.39 is 11.2 Å². The number of amides is 1. The highest BCUT2D eigenvalue weighted by Crippen LogP contribution is 2.22. The number of nitrogens with two attached hydrogens (primary N) is 1. The fourth-order valence-corrected chi connectivity index (χ4v) is 2.99. The number of nitrogens with one attached hydrogen (secondary N) is 1. The van der Waals surface area contributed by atoms with Gasteiger partial charge >= 0.3 is 5.69 Å². The zero-order valence-electron chi connectivity index (χ0n) is 17.5. The Hall–Kier alpha value is -3.03. The number of aromatic amines is 1. The zero-order valence-corrected chi connectivity index (χ0v) is 17.5. The van der Waals surface area contributed by atoms with Crippen molar-refractivity contribution < 1.29 is 9.53 Å². The van der Waals surface area contributed by atoms with E-state index in [-0.39, 0.29) is 17.4 Å². The van der Waals surface area contributed by atoms with E-state index in [1.807, 2.05) is 20.8 Å². The van der Waals surface area contributed by atoms with Crippen molar-refractivity contribution in [3.05, 3.63) is 50.7 Å². The summed E-state index contributed by atoms with van der Waals surface area (Å²) in [7, 11) is 1.52. The van der Waals surface area contributed by atoms with Gasteiger partial charge < -0.3 is 15.4 Å². The van der Waals surface area contributed by atoms with Crippen molar-refractivity contribution in [1.29, 1.82) is 0 Å². The van der Waals surface area contributed by atoms with Crippen molar-refractivity contribution in [2.45, 2.75) is 46.6 Å². The van der Waals surface area contributed by atoms with Crippen LogP contribution < -0.4 is 26.6 Å². The van der Waals surface area contributed by atoms with E-state index in [2.05, 4.69) is 4.98 Å². The number of aromatic nitrogens is 2. The van der Waals surface area contributed by atoms with E-state index in [4.69, 9.17) is 10.5 Å². The lowest BCUT2D eigenvalue weighted by Gasteiger charge is -2.25. The molecule has 2 aromatic rings. The maximum atomic E-state index is 13.3. The summed E-state index contributed by atoms with van der Waals surface area (Å²) < 4.78 is 6.53. The number of methoxy groups -OCH3 is 1. The van der Waals surface area contributed by atoms with Gasteiger partial charge in [0.1, 0.15) is 11.6 Å². The lowest BCUT2D eigenvalue weighted by molar-refractivity contribution is 0.0985. The molecule has 1 aromatic carbocycles. The lowest BCUT2D eigenvalue weighted by atomic mass is 10.1. The fourth-order valence-electron chi connectivity index (χ4n) is 2.99. The molecule has 158 valence electrons. The number of carbonyl (C=O) groups excluding carboxylic acids is 1. The summed E-state index contributed by atoms with van der Waals surface area (Å²) >= 11 is 0. The second-order valence-electron chi connectivity index (χ2n) is 7.37. The zero-order chi connectivity index (χ0) is 21.6. The second kappa shape index (κ2) is 9.95. The van der Waals surface area contributed by atoms with E-state index >= 15 is 0 Å². The SMILES string of the molecule is CCCCn1c(N)c(N(CCC(C)C)C(=O)c2cccc(OC)c2)c(=O)[nH]c1=O. The summed E-state index contributed by atoms with van der Waals surface area (Å²) in [5, 5.41) is 0. The minimum Gasteiger partial charge on any atom is -0.497 e. The number of benzene rings is 1. The number of unbranched alkanes of at least 4 members (excludes halogenated alkanes) is 1. The molecule has 1 aromatic heterocycles. The Balaban J connectivity index is 2.58. The van der Waals surface area contributed by atoms with Crippen LogP contribution in [0, 0.1) is 5.92 Å². The maximum absolute atomic E-state index is 13.3. The highest BCUT2D eigenvalue weighted by Gasteiger charge is 2.25. The number of anilines is 2. The number of hydrogen-bond acceptors (Lipinski definition) is 5. The highest BCUT2D eigenvalue weighted by molar-refractivity contribution is 6.07. The van der Waals surface area contributed by atoms with E-state index in [9.17, 15) is 14.4 Å². The molecule has 0 atom stereocenters. The van der Waals surface area contributed by atoms with Gasteiger partial charge in [0.2, 0.25) is 0 Å². The van der Waals surface area contributed by atoms with Crippen LogP contribution in [0.3, 0.4) is 0 Å². The maximum Gasteiger partial charge on any atom is 0.330 e. The summed E-state index contributed by atoms with van der Waals surface area (Å²) in [6, 6.07) is 6.72. The molecule has 0 aliphatic carbocycles. The molecule has 0 saturated heterocycles. The van der Waals surface area contributed by atoms with E-state index in [0.29, 0.717) is 36.7 Å². The predicted octanol–water partition coefficient (Wildman–Crippen LogP) is 2.62. The first-order chi connectivity index (χ1) is 13.8. The summed E-state index contributed by atoms with van der Waals surface area (Å²) in [5.74, 6) is 0.478. The van der Waals surface area contributed by atoms with Gasteiger partial charge in [0.15, 0.2) is 5.69 Å². The van der Waals surface area contributed by atoms with E-state index in [0.717, 1.165) is 12.8 Å². The molecule has 0 unspecified atom stereocenters. The molecule has 8 heteroatoms. The molecule has 2 rings (SSSR count). The summed E-state index contributed by atoms with van der Waals surface area (Å²) in [6.45, 7) is 6.73. The molecule has 29 heavy (non-hydrogen) atoms. The Morgan fingerprint density at radius 2 is 2.03 bits per heavy atom. The van der Waals surface area contributed by atoms with Gasteiger partial charge in [-0.2, -0.15) is 0 Å². The molecule has 0 aliphatic heterocycles. The molecule has 3 N–H and O–H groups in total. The monoisotopic (exact) mass is 402 g/mol. The van der Waals surface area contributed by atoms with Crippen LogP contribution in [0.25, 0.3) is 0 Å². The number of rotatable bonds is 9. The van der Waals surface area contributed by atoms with Crippen molar-refractivity contribution in [3.63, 3.8) is 0 Å². The Morgan fingerprint density at radius 3 is 2.66 bits per heavy atom. The van der Waals surface area contributed by atoms with Crippen LogP contribution in [0.2, 0.25) is 0 Å². The third kappa shape index (κ3) is 5.28. The van der Waals surface area contributed by atoms with Crippen LogP contribution in [-0.4, -0.2) is 29.1 Å². The predicted molar refractivity (Wildman–Crippen MR) is 115 cm³/mol. The summed E-state index contributed by atoms with van der Waals surface area (Å²) in [5.41, 5.74) is 5.38. The Labute approximate surface area is 170 Å². The highest BCUT2D eigenvalue weighted by atomic mass is 16.5. The number of H-pyrrole nitrogens is 1. The molecule has 0 fully saturated rings. The van der Waals surface area contributed by atoms with Crippen molar-refractivity contribution in [3.8, 4) is 5.75 Å². The first-order valence-corrected chi connectivity index (χ1v) is 9.88.